The fraction of sp³-hybridized carbons (Fsp3) is 0.889. The van der Waals surface area contributed by atoms with Crippen molar-refractivity contribution in [2.45, 2.75) is 19.4 Å². The van der Waals surface area contributed by atoms with Crippen LogP contribution in [-0.4, -0.2) is 44.8 Å². The number of hydrogen-bond donors (Lipinski definition) is 1. The molecule has 0 aliphatic carbocycles. The number of carbonyl (C=O) groups excluding carboxylic acids is 1. The monoisotopic (exact) mass is 187 g/mol. The highest BCUT2D eigenvalue weighted by molar-refractivity contribution is 5.80. The van der Waals surface area contributed by atoms with Gasteiger partial charge >= 0.3 is 0 Å². The number of carbonyl (C=O) groups is 1. The number of Topliss-reactive ketones (excluding diaryl/α,β-unsaturated/α-hetero) is 1. The molecule has 0 radical (unpaired) electrons. The van der Waals surface area contributed by atoms with Crippen LogP contribution in [0.2, 0.25) is 0 Å². The molecule has 1 N–H and O–H groups in total. The topological polar surface area (TPSA) is 47.6 Å². The Morgan fingerprint density at radius 1 is 1.69 bits per heavy atom. The molecule has 4 nitrogen and oxygen atoms in total. The van der Waals surface area contributed by atoms with Crippen LogP contribution in [0.5, 0.6) is 0 Å². The molecule has 13 heavy (non-hydrogen) atoms. The molecule has 1 atom stereocenters. The number of hydrogen-bond acceptors (Lipinski definition) is 4. The van der Waals surface area contributed by atoms with Crippen LogP contribution in [0.25, 0.3) is 0 Å². The van der Waals surface area contributed by atoms with Crippen molar-refractivity contribution in [2.75, 3.05) is 33.0 Å². The van der Waals surface area contributed by atoms with Gasteiger partial charge in [-0.05, 0) is 6.92 Å². The maximum Gasteiger partial charge on any atom is 0.160 e. The summed E-state index contributed by atoms with van der Waals surface area (Å²) in [6.45, 7) is 4.94. The second-order valence-corrected chi connectivity index (χ2v) is 3.11. The van der Waals surface area contributed by atoms with E-state index in [-0.39, 0.29) is 18.4 Å². The van der Waals surface area contributed by atoms with Crippen molar-refractivity contribution < 1.29 is 14.3 Å². The minimum Gasteiger partial charge on any atom is -0.379 e. The van der Waals surface area contributed by atoms with Crippen LogP contribution in [-0.2, 0) is 14.3 Å². The Morgan fingerprint density at radius 2 is 2.54 bits per heavy atom. The first kappa shape index (κ1) is 10.6. The van der Waals surface area contributed by atoms with E-state index in [9.17, 15) is 4.79 Å². The van der Waals surface area contributed by atoms with Crippen LogP contribution >= 0.6 is 0 Å². The van der Waals surface area contributed by atoms with Gasteiger partial charge in [-0.1, -0.05) is 0 Å². The summed E-state index contributed by atoms with van der Waals surface area (Å²) in [7, 11) is 0. The van der Waals surface area contributed by atoms with Crippen molar-refractivity contribution in [3.8, 4) is 0 Å². The maximum absolute atomic E-state index is 11.2. The van der Waals surface area contributed by atoms with E-state index >= 15 is 0 Å². The SMILES string of the molecule is CCOCC(=O)CC1COCCN1. The Balaban J connectivity index is 2.11. The summed E-state index contributed by atoms with van der Waals surface area (Å²) in [6.07, 6.45) is 0.514. The van der Waals surface area contributed by atoms with Gasteiger partial charge in [0.25, 0.3) is 0 Å². The van der Waals surface area contributed by atoms with Crippen molar-refractivity contribution >= 4 is 5.78 Å². The highest BCUT2D eigenvalue weighted by Crippen LogP contribution is 1.99. The predicted octanol–water partition coefficient (Wildman–Crippen LogP) is -0.0295. The first-order valence-electron chi connectivity index (χ1n) is 4.73. The van der Waals surface area contributed by atoms with E-state index in [4.69, 9.17) is 9.47 Å². The van der Waals surface area contributed by atoms with Gasteiger partial charge in [0, 0.05) is 25.6 Å². The Bertz CT molecular complexity index is 155. The zero-order chi connectivity index (χ0) is 9.52. The molecule has 0 amide bonds. The highest BCUT2D eigenvalue weighted by Gasteiger charge is 2.16. The standard InChI is InChI=1S/C9H17NO3/c1-2-12-7-9(11)5-8-6-13-4-3-10-8/h8,10H,2-7H2,1H3. The van der Waals surface area contributed by atoms with E-state index in [0.29, 0.717) is 19.6 Å². The minimum atomic E-state index is 0.143. The zero-order valence-corrected chi connectivity index (χ0v) is 8.04. The first-order valence-corrected chi connectivity index (χ1v) is 4.73. The van der Waals surface area contributed by atoms with E-state index in [0.717, 1.165) is 13.2 Å². The lowest BCUT2D eigenvalue weighted by molar-refractivity contribution is -0.124. The third-order valence-electron chi connectivity index (χ3n) is 1.94. The summed E-state index contributed by atoms with van der Waals surface area (Å²) >= 11 is 0. The average molecular weight is 187 g/mol. The third-order valence-corrected chi connectivity index (χ3v) is 1.94. The van der Waals surface area contributed by atoms with E-state index < -0.39 is 0 Å². The molecule has 0 aromatic carbocycles. The molecule has 4 heteroatoms. The number of ketones is 1. The number of rotatable bonds is 5. The summed E-state index contributed by atoms with van der Waals surface area (Å²) in [6, 6.07) is 0.182. The lowest BCUT2D eigenvalue weighted by Crippen LogP contribution is -2.42. The quantitative estimate of drug-likeness (QED) is 0.656. The molecule has 1 aliphatic heterocycles. The molecule has 76 valence electrons. The fourth-order valence-corrected chi connectivity index (χ4v) is 1.30. The molecule has 1 heterocycles. The van der Waals surface area contributed by atoms with Gasteiger partial charge < -0.3 is 14.8 Å². The van der Waals surface area contributed by atoms with E-state index in [1.54, 1.807) is 0 Å². The van der Waals surface area contributed by atoms with E-state index in [2.05, 4.69) is 5.32 Å². The average Bonchev–Trinajstić information content (AvgIpc) is 2.16. The molecule has 1 rings (SSSR count). The fourth-order valence-electron chi connectivity index (χ4n) is 1.30. The molecule has 0 aromatic heterocycles. The number of ether oxygens (including phenoxy) is 2. The summed E-state index contributed by atoms with van der Waals surface area (Å²) in [4.78, 5) is 11.2. The van der Waals surface area contributed by atoms with Gasteiger partial charge in [0.05, 0.1) is 13.2 Å². The molecule has 1 unspecified atom stereocenters. The second-order valence-electron chi connectivity index (χ2n) is 3.11. The molecular weight excluding hydrogens is 170 g/mol. The van der Waals surface area contributed by atoms with Gasteiger partial charge in [0.1, 0.15) is 6.61 Å². The van der Waals surface area contributed by atoms with Crippen LogP contribution in [0.1, 0.15) is 13.3 Å². The van der Waals surface area contributed by atoms with Crippen molar-refractivity contribution in [3.63, 3.8) is 0 Å². The minimum absolute atomic E-state index is 0.143. The summed E-state index contributed by atoms with van der Waals surface area (Å²) in [5, 5.41) is 3.23. The van der Waals surface area contributed by atoms with Gasteiger partial charge in [0.2, 0.25) is 0 Å². The summed E-state index contributed by atoms with van der Waals surface area (Å²) in [5.74, 6) is 0.143. The predicted molar refractivity (Wildman–Crippen MR) is 48.7 cm³/mol. The Kier molecular flexibility index (Phi) is 4.97. The first-order chi connectivity index (χ1) is 6.33. The highest BCUT2D eigenvalue weighted by atomic mass is 16.5. The van der Waals surface area contributed by atoms with Gasteiger partial charge in [-0.25, -0.2) is 0 Å². The summed E-state index contributed by atoms with van der Waals surface area (Å²) in [5.41, 5.74) is 0. The molecule has 1 aliphatic rings. The van der Waals surface area contributed by atoms with Crippen molar-refractivity contribution in [2.24, 2.45) is 0 Å². The lowest BCUT2D eigenvalue weighted by atomic mass is 10.1. The van der Waals surface area contributed by atoms with Crippen LogP contribution in [0, 0.1) is 0 Å². The Hall–Kier alpha value is -0.450. The van der Waals surface area contributed by atoms with Crippen molar-refractivity contribution in [3.05, 3.63) is 0 Å². The largest absolute Gasteiger partial charge is 0.379 e. The van der Waals surface area contributed by atoms with Gasteiger partial charge in [-0.2, -0.15) is 0 Å². The third kappa shape index (κ3) is 4.36. The summed E-state index contributed by atoms with van der Waals surface area (Å²) < 4.78 is 10.3. The van der Waals surface area contributed by atoms with Crippen LogP contribution in [0.4, 0.5) is 0 Å². The van der Waals surface area contributed by atoms with Crippen molar-refractivity contribution in [1.29, 1.82) is 0 Å². The van der Waals surface area contributed by atoms with Gasteiger partial charge in [0.15, 0.2) is 5.78 Å². The van der Waals surface area contributed by atoms with E-state index in [1.165, 1.54) is 0 Å². The maximum atomic E-state index is 11.2. The molecule has 0 aromatic rings. The van der Waals surface area contributed by atoms with Gasteiger partial charge in [-0.3, -0.25) is 4.79 Å². The second kappa shape index (κ2) is 6.07. The Morgan fingerprint density at radius 3 is 3.15 bits per heavy atom. The molecule has 0 bridgehead atoms. The van der Waals surface area contributed by atoms with Crippen molar-refractivity contribution in [1.82, 2.24) is 5.32 Å². The van der Waals surface area contributed by atoms with Crippen LogP contribution in [0.15, 0.2) is 0 Å². The number of nitrogens with one attached hydrogen (secondary N) is 1. The molecule has 0 saturated carbocycles. The van der Waals surface area contributed by atoms with E-state index in [1.807, 2.05) is 6.92 Å². The normalized spacial score (nSPS) is 23.0. The van der Waals surface area contributed by atoms with Gasteiger partial charge in [-0.15, -0.1) is 0 Å². The Labute approximate surface area is 78.6 Å². The van der Waals surface area contributed by atoms with Crippen LogP contribution < -0.4 is 5.32 Å². The molecule has 1 fully saturated rings. The molecule has 0 spiro atoms. The molecule has 1 saturated heterocycles. The van der Waals surface area contributed by atoms with Crippen LogP contribution in [0.3, 0.4) is 0 Å². The smallest absolute Gasteiger partial charge is 0.160 e. The number of morpholine rings is 1. The molecular formula is C9H17NO3. The lowest BCUT2D eigenvalue weighted by Gasteiger charge is -2.22. The zero-order valence-electron chi connectivity index (χ0n) is 8.04.